The third-order valence-corrected chi connectivity index (χ3v) is 2.47. The zero-order valence-electron chi connectivity index (χ0n) is 9.79. The molecular weight excluding hydrogens is 222 g/mol. The normalized spacial score (nSPS) is 12.2. The molecule has 0 aliphatic carbocycles. The predicted molar refractivity (Wildman–Crippen MR) is 69.1 cm³/mol. The second-order valence-corrected chi connectivity index (χ2v) is 4.03. The average Bonchev–Trinajstić information content (AvgIpc) is 2.29. The van der Waals surface area contributed by atoms with Gasteiger partial charge in [-0.05, 0) is 31.7 Å². The first-order valence-corrected chi connectivity index (χ1v) is 5.83. The summed E-state index contributed by atoms with van der Waals surface area (Å²) in [4.78, 5) is 0. The van der Waals surface area contributed by atoms with Gasteiger partial charge in [0.25, 0.3) is 0 Å². The van der Waals surface area contributed by atoms with E-state index in [1.807, 2.05) is 25.1 Å². The summed E-state index contributed by atoms with van der Waals surface area (Å²) >= 11 is 5.96. The number of hydrogen-bond donors (Lipinski definition) is 1. The van der Waals surface area contributed by atoms with Gasteiger partial charge < -0.3 is 10.1 Å². The maximum atomic E-state index is 5.96. The molecule has 1 unspecified atom stereocenters. The van der Waals surface area contributed by atoms with Gasteiger partial charge in [0.05, 0.1) is 0 Å². The van der Waals surface area contributed by atoms with Crippen molar-refractivity contribution in [2.75, 3.05) is 6.54 Å². The van der Waals surface area contributed by atoms with Crippen LogP contribution in [-0.4, -0.2) is 12.6 Å². The van der Waals surface area contributed by atoms with Crippen LogP contribution in [0, 0.1) is 0 Å². The van der Waals surface area contributed by atoms with Gasteiger partial charge in [0.2, 0.25) is 0 Å². The summed E-state index contributed by atoms with van der Waals surface area (Å²) in [6.07, 6.45) is 1.77. The Labute approximate surface area is 102 Å². The molecule has 1 rings (SSSR count). The lowest BCUT2D eigenvalue weighted by Crippen LogP contribution is -2.15. The summed E-state index contributed by atoms with van der Waals surface area (Å²) in [7, 11) is 0. The fourth-order valence-corrected chi connectivity index (χ4v) is 1.50. The van der Waals surface area contributed by atoms with Crippen LogP contribution in [0.15, 0.2) is 30.9 Å². The first-order chi connectivity index (χ1) is 7.67. The van der Waals surface area contributed by atoms with Gasteiger partial charge in [0.15, 0.2) is 0 Å². The first kappa shape index (κ1) is 13.1. The molecule has 0 aliphatic rings. The van der Waals surface area contributed by atoms with Crippen LogP contribution in [0.25, 0.3) is 0 Å². The Bertz CT molecular complexity index is 352. The van der Waals surface area contributed by atoms with Crippen LogP contribution in [0.5, 0.6) is 5.75 Å². The monoisotopic (exact) mass is 239 g/mol. The number of ether oxygens (including phenoxy) is 1. The third-order valence-electron chi connectivity index (χ3n) is 2.23. The Hall–Kier alpha value is -0.990. The fourth-order valence-electron chi connectivity index (χ4n) is 1.31. The standard InChI is InChI=1S/C13H18ClNO/c1-4-10(3)16-13-7-6-12(14)8-11(13)9-15-5-2/h4,6-8,10,15H,1,5,9H2,2-3H3. The van der Waals surface area contributed by atoms with E-state index >= 15 is 0 Å². The summed E-state index contributed by atoms with van der Waals surface area (Å²) in [5, 5.41) is 3.99. The molecule has 0 amide bonds. The van der Waals surface area contributed by atoms with Crippen LogP contribution < -0.4 is 10.1 Å². The molecule has 0 bridgehead atoms. The minimum atomic E-state index is 0.00144. The molecule has 0 heterocycles. The van der Waals surface area contributed by atoms with Gasteiger partial charge in [-0.3, -0.25) is 0 Å². The summed E-state index contributed by atoms with van der Waals surface area (Å²) in [5.74, 6) is 0.859. The second kappa shape index (κ2) is 6.56. The van der Waals surface area contributed by atoms with Gasteiger partial charge in [-0.1, -0.05) is 31.2 Å². The smallest absolute Gasteiger partial charge is 0.124 e. The summed E-state index contributed by atoms with van der Waals surface area (Å²) in [6, 6.07) is 5.66. The molecule has 1 N–H and O–H groups in total. The highest BCUT2D eigenvalue weighted by Crippen LogP contribution is 2.23. The average molecular weight is 240 g/mol. The lowest BCUT2D eigenvalue weighted by Gasteiger charge is -2.15. The molecule has 0 saturated heterocycles. The molecule has 0 aromatic heterocycles. The lowest BCUT2D eigenvalue weighted by molar-refractivity contribution is 0.267. The molecule has 0 aliphatic heterocycles. The van der Waals surface area contributed by atoms with E-state index in [1.165, 1.54) is 0 Å². The molecule has 0 saturated carbocycles. The number of halogens is 1. The third kappa shape index (κ3) is 3.87. The van der Waals surface area contributed by atoms with Gasteiger partial charge in [0.1, 0.15) is 11.9 Å². The number of benzene rings is 1. The molecule has 0 fully saturated rings. The maximum Gasteiger partial charge on any atom is 0.124 e. The summed E-state index contributed by atoms with van der Waals surface area (Å²) in [6.45, 7) is 9.40. The predicted octanol–water partition coefficient (Wildman–Crippen LogP) is 3.40. The zero-order valence-corrected chi connectivity index (χ0v) is 10.6. The first-order valence-electron chi connectivity index (χ1n) is 5.45. The Morgan fingerprint density at radius 3 is 2.94 bits per heavy atom. The van der Waals surface area contributed by atoms with E-state index in [4.69, 9.17) is 16.3 Å². The van der Waals surface area contributed by atoms with Gasteiger partial charge in [-0.25, -0.2) is 0 Å². The molecule has 1 aromatic carbocycles. The minimum absolute atomic E-state index is 0.00144. The summed E-state index contributed by atoms with van der Waals surface area (Å²) < 4.78 is 5.73. The molecule has 1 aromatic rings. The van der Waals surface area contributed by atoms with Crippen molar-refractivity contribution in [2.24, 2.45) is 0 Å². The van der Waals surface area contributed by atoms with Crippen molar-refractivity contribution in [2.45, 2.75) is 26.5 Å². The van der Waals surface area contributed by atoms with Crippen LogP contribution in [0.1, 0.15) is 19.4 Å². The highest BCUT2D eigenvalue weighted by Gasteiger charge is 2.06. The SMILES string of the molecule is C=CC(C)Oc1ccc(Cl)cc1CNCC. The number of nitrogens with one attached hydrogen (secondary N) is 1. The lowest BCUT2D eigenvalue weighted by atomic mass is 10.2. The molecule has 0 radical (unpaired) electrons. The van der Waals surface area contributed by atoms with E-state index in [-0.39, 0.29) is 6.10 Å². The topological polar surface area (TPSA) is 21.3 Å². The van der Waals surface area contributed by atoms with Crippen molar-refractivity contribution in [1.29, 1.82) is 0 Å². The molecule has 1 atom stereocenters. The molecule has 16 heavy (non-hydrogen) atoms. The van der Waals surface area contributed by atoms with E-state index in [1.54, 1.807) is 6.08 Å². The van der Waals surface area contributed by atoms with E-state index in [0.29, 0.717) is 0 Å². The van der Waals surface area contributed by atoms with Crippen molar-refractivity contribution >= 4 is 11.6 Å². The number of rotatable bonds is 6. The van der Waals surface area contributed by atoms with Gasteiger partial charge >= 0.3 is 0 Å². The van der Waals surface area contributed by atoms with Gasteiger partial charge in [0, 0.05) is 17.1 Å². The van der Waals surface area contributed by atoms with E-state index in [9.17, 15) is 0 Å². The zero-order chi connectivity index (χ0) is 12.0. The molecular formula is C13H18ClNO. The highest BCUT2D eigenvalue weighted by atomic mass is 35.5. The highest BCUT2D eigenvalue weighted by molar-refractivity contribution is 6.30. The minimum Gasteiger partial charge on any atom is -0.486 e. The fraction of sp³-hybridized carbons (Fsp3) is 0.385. The Balaban J connectivity index is 2.84. The van der Waals surface area contributed by atoms with Crippen LogP contribution in [-0.2, 0) is 6.54 Å². The van der Waals surface area contributed by atoms with Crippen LogP contribution in [0.4, 0.5) is 0 Å². The number of hydrogen-bond acceptors (Lipinski definition) is 2. The van der Waals surface area contributed by atoms with E-state index in [2.05, 4.69) is 18.8 Å². The van der Waals surface area contributed by atoms with Crippen LogP contribution in [0.3, 0.4) is 0 Å². The van der Waals surface area contributed by atoms with Crippen LogP contribution in [0.2, 0.25) is 5.02 Å². The molecule has 88 valence electrons. The van der Waals surface area contributed by atoms with Gasteiger partial charge in [-0.2, -0.15) is 0 Å². The van der Waals surface area contributed by atoms with Gasteiger partial charge in [-0.15, -0.1) is 0 Å². The summed E-state index contributed by atoms with van der Waals surface area (Å²) in [5.41, 5.74) is 1.07. The Kier molecular flexibility index (Phi) is 5.36. The van der Waals surface area contributed by atoms with E-state index < -0.39 is 0 Å². The molecule has 3 heteroatoms. The Morgan fingerprint density at radius 1 is 1.56 bits per heavy atom. The van der Waals surface area contributed by atoms with Crippen molar-refractivity contribution in [1.82, 2.24) is 5.32 Å². The van der Waals surface area contributed by atoms with Crippen molar-refractivity contribution in [3.63, 3.8) is 0 Å². The second-order valence-electron chi connectivity index (χ2n) is 3.59. The molecule has 2 nitrogen and oxygen atoms in total. The Morgan fingerprint density at radius 2 is 2.31 bits per heavy atom. The maximum absolute atomic E-state index is 5.96. The van der Waals surface area contributed by atoms with Crippen LogP contribution >= 0.6 is 11.6 Å². The van der Waals surface area contributed by atoms with E-state index in [0.717, 1.165) is 29.4 Å². The van der Waals surface area contributed by atoms with Crippen molar-refractivity contribution in [3.8, 4) is 5.75 Å². The largest absolute Gasteiger partial charge is 0.486 e. The molecule has 0 spiro atoms. The van der Waals surface area contributed by atoms with Crippen molar-refractivity contribution in [3.05, 3.63) is 41.4 Å². The quantitative estimate of drug-likeness (QED) is 0.769. The van der Waals surface area contributed by atoms with Crippen molar-refractivity contribution < 1.29 is 4.74 Å².